The monoisotopic (exact) mass is 291 g/mol. The number of thiophene rings is 1. The highest BCUT2D eigenvalue weighted by Crippen LogP contribution is 2.24. The molecule has 3 rings (SSSR count). The van der Waals surface area contributed by atoms with E-state index < -0.39 is 0 Å². The third-order valence-electron chi connectivity index (χ3n) is 2.65. The molecule has 5 nitrogen and oxygen atoms in total. The molecule has 0 fully saturated rings. The Hall–Kier alpha value is -1.60. The first-order chi connectivity index (χ1) is 9.34. The largest absolute Gasteiger partial charge is 0.368 e. The van der Waals surface area contributed by atoms with E-state index in [4.69, 9.17) is 0 Å². The third-order valence-corrected chi connectivity index (χ3v) is 4.62. The molecule has 0 radical (unpaired) electrons. The molecule has 19 heavy (non-hydrogen) atoms. The predicted octanol–water partition coefficient (Wildman–Crippen LogP) is 2.63. The van der Waals surface area contributed by atoms with Gasteiger partial charge in [0.25, 0.3) is 0 Å². The first kappa shape index (κ1) is 12.4. The van der Waals surface area contributed by atoms with Crippen molar-refractivity contribution in [3.05, 3.63) is 30.2 Å². The van der Waals surface area contributed by atoms with Crippen LogP contribution < -0.4 is 5.32 Å². The number of nitrogens with zero attached hydrogens (tertiary/aromatic N) is 4. The molecule has 7 heteroatoms. The Morgan fingerprint density at radius 1 is 1.37 bits per heavy atom. The minimum Gasteiger partial charge on any atom is -0.368 e. The molecule has 0 saturated heterocycles. The van der Waals surface area contributed by atoms with E-state index in [-0.39, 0.29) is 0 Å². The lowest BCUT2D eigenvalue weighted by molar-refractivity contribution is 0.790. The van der Waals surface area contributed by atoms with Gasteiger partial charge in [-0.2, -0.15) is 0 Å². The van der Waals surface area contributed by atoms with E-state index >= 15 is 0 Å². The molecule has 1 N–H and O–H groups in total. The Balaban J connectivity index is 1.58. The summed E-state index contributed by atoms with van der Waals surface area (Å²) in [4.78, 5) is 12.8. The number of thioether (sulfide) groups is 1. The van der Waals surface area contributed by atoms with Crippen molar-refractivity contribution in [2.24, 2.45) is 7.05 Å². The van der Waals surface area contributed by atoms with Crippen molar-refractivity contribution < 1.29 is 0 Å². The number of aryl methyl sites for hydroxylation is 1. The summed E-state index contributed by atoms with van der Waals surface area (Å²) in [5, 5.41) is 6.43. The Kier molecular flexibility index (Phi) is 3.65. The van der Waals surface area contributed by atoms with Gasteiger partial charge in [-0.1, -0.05) is 11.8 Å². The van der Waals surface area contributed by atoms with Crippen LogP contribution >= 0.6 is 23.1 Å². The number of hydrogen-bond donors (Lipinski definition) is 1. The van der Waals surface area contributed by atoms with Gasteiger partial charge in [-0.25, -0.2) is 15.0 Å². The van der Waals surface area contributed by atoms with E-state index in [1.165, 1.54) is 0 Å². The first-order valence-corrected chi connectivity index (χ1v) is 7.73. The number of hydrogen-bond acceptors (Lipinski definition) is 6. The van der Waals surface area contributed by atoms with Crippen molar-refractivity contribution in [1.82, 2.24) is 19.5 Å². The standard InChI is InChI=1S/C12H13N5S2/c1-17-5-3-14-12(17)19-7-4-13-11-10-9(2-6-18-10)15-8-16-11/h2-3,5-6,8H,4,7H2,1H3,(H,13,15,16). The van der Waals surface area contributed by atoms with Crippen LogP contribution in [0.15, 0.2) is 35.3 Å². The van der Waals surface area contributed by atoms with Gasteiger partial charge in [0.05, 0.1) is 10.2 Å². The van der Waals surface area contributed by atoms with Gasteiger partial charge in [0.15, 0.2) is 5.16 Å². The van der Waals surface area contributed by atoms with Gasteiger partial charge >= 0.3 is 0 Å². The average Bonchev–Trinajstić information content (AvgIpc) is 3.04. The van der Waals surface area contributed by atoms with Crippen LogP contribution in [0.1, 0.15) is 0 Å². The summed E-state index contributed by atoms with van der Waals surface area (Å²) in [5.41, 5.74) is 0.999. The molecule has 0 amide bonds. The van der Waals surface area contributed by atoms with Crippen LogP contribution in [0, 0.1) is 0 Å². The van der Waals surface area contributed by atoms with Gasteiger partial charge in [-0.05, 0) is 11.4 Å². The molecule has 3 aromatic rings. The smallest absolute Gasteiger partial charge is 0.167 e. The Labute approximate surface area is 119 Å². The zero-order valence-corrected chi connectivity index (χ0v) is 12.0. The van der Waals surface area contributed by atoms with Gasteiger partial charge in [0.2, 0.25) is 0 Å². The van der Waals surface area contributed by atoms with E-state index in [1.54, 1.807) is 29.4 Å². The summed E-state index contributed by atoms with van der Waals surface area (Å²) >= 11 is 3.39. The molecule has 0 unspecified atom stereocenters. The fourth-order valence-electron chi connectivity index (χ4n) is 1.72. The molecule has 98 valence electrons. The maximum absolute atomic E-state index is 4.29. The van der Waals surface area contributed by atoms with Crippen LogP contribution in [0.25, 0.3) is 10.2 Å². The number of nitrogens with one attached hydrogen (secondary N) is 1. The maximum atomic E-state index is 4.29. The lowest BCUT2D eigenvalue weighted by Crippen LogP contribution is -2.06. The number of aromatic nitrogens is 4. The van der Waals surface area contributed by atoms with Gasteiger partial charge in [-0.15, -0.1) is 11.3 Å². The zero-order valence-electron chi connectivity index (χ0n) is 10.4. The molecule has 0 aliphatic heterocycles. The highest BCUT2D eigenvalue weighted by Gasteiger charge is 2.04. The van der Waals surface area contributed by atoms with E-state index in [0.29, 0.717) is 0 Å². The lowest BCUT2D eigenvalue weighted by Gasteiger charge is -2.05. The highest BCUT2D eigenvalue weighted by atomic mass is 32.2. The van der Waals surface area contributed by atoms with E-state index in [9.17, 15) is 0 Å². The van der Waals surface area contributed by atoms with Gasteiger partial charge in [0, 0.05) is 31.7 Å². The first-order valence-electron chi connectivity index (χ1n) is 5.87. The Morgan fingerprint density at radius 3 is 3.16 bits per heavy atom. The van der Waals surface area contributed by atoms with Gasteiger partial charge in [0.1, 0.15) is 12.1 Å². The quantitative estimate of drug-likeness (QED) is 0.578. The van der Waals surface area contributed by atoms with Crippen molar-refractivity contribution in [3.63, 3.8) is 0 Å². The van der Waals surface area contributed by atoms with Crippen molar-refractivity contribution >= 4 is 39.1 Å². The molecule has 0 aromatic carbocycles. The van der Waals surface area contributed by atoms with Crippen molar-refractivity contribution in [2.75, 3.05) is 17.6 Å². The van der Waals surface area contributed by atoms with Crippen LogP contribution in [0.5, 0.6) is 0 Å². The minimum atomic E-state index is 0.849. The fourth-order valence-corrected chi connectivity index (χ4v) is 3.32. The summed E-state index contributed by atoms with van der Waals surface area (Å²) in [6.07, 6.45) is 5.37. The average molecular weight is 291 g/mol. The van der Waals surface area contributed by atoms with Crippen LogP contribution in [-0.4, -0.2) is 31.8 Å². The second-order valence-electron chi connectivity index (χ2n) is 3.95. The second-order valence-corrected chi connectivity index (χ2v) is 5.93. The van der Waals surface area contributed by atoms with Crippen molar-refractivity contribution in [1.29, 1.82) is 0 Å². The molecule has 0 atom stereocenters. The fraction of sp³-hybridized carbons (Fsp3) is 0.250. The third kappa shape index (κ3) is 2.71. The van der Waals surface area contributed by atoms with Gasteiger partial charge in [-0.3, -0.25) is 0 Å². The zero-order chi connectivity index (χ0) is 13.1. The van der Waals surface area contributed by atoms with E-state index in [2.05, 4.69) is 20.3 Å². The van der Waals surface area contributed by atoms with Crippen LogP contribution in [-0.2, 0) is 7.05 Å². The summed E-state index contributed by atoms with van der Waals surface area (Å²) in [6.45, 7) is 0.849. The molecule has 0 spiro atoms. The number of rotatable bonds is 5. The van der Waals surface area contributed by atoms with E-state index in [0.717, 1.165) is 33.5 Å². The highest BCUT2D eigenvalue weighted by molar-refractivity contribution is 7.99. The molecule has 0 saturated carbocycles. The Morgan fingerprint density at radius 2 is 2.32 bits per heavy atom. The van der Waals surface area contributed by atoms with Crippen molar-refractivity contribution in [3.8, 4) is 0 Å². The maximum Gasteiger partial charge on any atom is 0.167 e. The molecular formula is C12H13N5S2. The molecule has 3 heterocycles. The number of fused-ring (bicyclic) bond motifs is 1. The Bertz CT molecular complexity index is 675. The summed E-state index contributed by atoms with van der Waals surface area (Å²) in [5.74, 6) is 1.86. The van der Waals surface area contributed by atoms with Crippen LogP contribution in [0.2, 0.25) is 0 Å². The molecule has 0 aliphatic rings. The summed E-state index contributed by atoms with van der Waals surface area (Å²) < 4.78 is 3.14. The topological polar surface area (TPSA) is 55.6 Å². The number of anilines is 1. The van der Waals surface area contributed by atoms with Crippen molar-refractivity contribution in [2.45, 2.75) is 5.16 Å². The summed E-state index contributed by atoms with van der Waals surface area (Å²) in [6, 6.07) is 2.01. The predicted molar refractivity (Wildman–Crippen MR) is 79.8 cm³/mol. The van der Waals surface area contributed by atoms with Crippen LogP contribution in [0.3, 0.4) is 0 Å². The van der Waals surface area contributed by atoms with Gasteiger partial charge < -0.3 is 9.88 Å². The number of imidazole rings is 1. The lowest BCUT2D eigenvalue weighted by atomic mass is 10.4. The molecular weight excluding hydrogens is 278 g/mol. The van der Waals surface area contributed by atoms with E-state index in [1.807, 2.05) is 35.5 Å². The molecule has 0 bridgehead atoms. The minimum absolute atomic E-state index is 0.849. The summed E-state index contributed by atoms with van der Waals surface area (Å²) in [7, 11) is 2.00. The normalized spacial score (nSPS) is 11.0. The molecule has 3 aromatic heterocycles. The SMILES string of the molecule is Cn1ccnc1SCCNc1ncnc2ccsc12. The second kappa shape index (κ2) is 5.58. The molecule has 0 aliphatic carbocycles. The van der Waals surface area contributed by atoms with Crippen LogP contribution in [0.4, 0.5) is 5.82 Å².